The summed E-state index contributed by atoms with van der Waals surface area (Å²) in [5.74, 6) is 1.58. The van der Waals surface area contributed by atoms with Crippen molar-refractivity contribution in [1.82, 2.24) is 19.9 Å². The van der Waals surface area contributed by atoms with Crippen molar-refractivity contribution in [3.8, 4) is 5.69 Å². The van der Waals surface area contributed by atoms with Crippen molar-refractivity contribution in [1.29, 1.82) is 0 Å². The van der Waals surface area contributed by atoms with Crippen molar-refractivity contribution in [3.63, 3.8) is 0 Å². The van der Waals surface area contributed by atoms with Gasteiger partial charge < -0.3 is 15.8 Å². The van der Waals surface area contributed by atoms with Gasteiger partial charge >= 0.3 is 5.97 Å². The van der Waals surface area contributed by atoms with Gasteiger partial charge in [0.2, 0.25) is 0 Å². The van der Waals surface area contributed by atoms with E-state index in [1.165, 1.54) is 12.8 Å². The third kappa shape index (κ3) is 4.57. The molecule has 0 saturated heterocycles. The molecule has 0 radical (unpaired) electrons. The summed E-state index contributed by atoms with van der Waals surface area (Å²) in [6.45, 7) is 2.13. The number of anilines is 1. The number of fused-ring (bicyclic) bond motifs is 1. The highest BCUT2D eigenvalue weighted by Gasteiger charge is 2.49. The predicted molar refractivity (Wildman–Crippen MR) is 146 cm³/mol. The second-order valence-electron chi connectivity index (χ2n) is 11.0. The second-order valence-corrected chi connectivity index (χ2v) is 11.0. The fraction of sp³-hybridized carbons (Fsp3) is 0.467. The third-order valence-corrected chi connectivity index (χ3v) is 8.26. The average molecular weight is 514 g/mol. The Balaban J connectivity index is 1.25. The number of hydrogen-bond donors (Lipinski definition) is 2. The fourth-order valence-electron chi connectivity index (χ4n) is 5.97. The number of esters is 1. The van der Waals surface area contributed by atoms with Crippen molar-refractivity contribution in [2.45, 2.75) is 70.8 Å². The zero-order valence-electron chi connectivity index (χ0n) is 21.9. The number of nitrogens with two attached hydrogens (primary N) is 1. The maximum atomic E-state index is 12.9. The molecule has 0 aliphatic heterocycles. The minimum atomic E-state index is -0.553. The topological polar surface area (TPSA) is 112 Å². The van der Waals surface area contributed by atoms with Crippen LogP contribution in [0.2, 0.25) is 0 Å². The van der Waals surface area contributed by atoms with Gasteiger partial charge in [-0.1, -0.05) is 31.4 Å². The van der Waals surface area contributed by atoms with Crippen LogP contribution in [-0.2, 0) is 27.2 Å². The monoisotopic (exact) mass is 513 g/mol. The fourth-order valence-corrected chi connectivity index (χ4v) is 5.97. The number of carbonyl (C=O) groups excluding carboxylic acids is 2. The molecule has 0 unspecified atom stereocenters. The van der Waals surface area contributed by atoms with Gasteiger partial charge in [0, 0.05) is 30.3 Å². The van der Waals surface area contributed by atoms with E-state index in [0.717, 1.165) is 72.5 Å². The van der Waals surface area contributed by atoms with Crippen molar-refractivity contribution >= 4 is 28.6 Å². The number of aromatic nitrogens is 3. The summed E-state index contributed by atoms with van der Waals surface area (Å²) in [6, 6.07) is 9.53. The van der Waals surface area contributed by atoms with Crippen LogP contribution in [0.25, 0.3) is 16.9 Å². The Labute approximate surface area is 222 Å². The van der Waals surface area contributed by atoms with Crippen LogP contribution in [0.4, 0.5) is 5.69 Å². The number of imidazole rings is 1. The first-order valence-corrected chi connectivity index (χ1v) is 13.9. The molecule has 1 aromatic carbocycles. The maximum Gasteiger partial charge on any atom is 0.328 e. The van der Waals surface area contributed by atoms with Crippen molar-refractivity contribution in [2.75, 3.05) is 12.3 Å². The van der Waals surface area contributed by atoms with Crippen LogP contribution in [0.5, 0.6) is 0 Å². The van der Waals surface area contributed by atoms with Crippen molar-refractivity contribution in [2.24, 2.45) is 11.3 Å². The lowest BCUT2D eigenvalue weighted by atomic mass is 9.62. The molecule has 198 valence electrons. The number of ether oxygens (including phenoxy) is 1. The summed E-state index contributed by atoms with van der Waals surface area (Å²) in [4.78, 5) is 34.9. The smallest absolute Gasteiger partial charge is 0.328 e. The van der Waals surface area contributed by atoms with Gasteiger partial charge in [0.15, 0.2) is 11.4 Å². The number of nitrogens with zero attached hydrogens (tertiary/aromatic N) is 3. The standard InChI is InChI=1S/C30H35N5O3/c1-2-38-29(37)24(33-25-17-26(36)30(25)12-4-3-5-13-30)14-19-8-10-22(11-9-19)35-27(15-20-6-7-20)34-23-16-21(31)18-32-28(23)35/h8-11,16-18,20,24,33H,2-7,12-15,31H2,1H3/t24-/m0/s1. The van der Waals surface area contributed by atoms with Crippen LogP contribution < -0.4 is 11.1 Å². The van der Waals surface area contributed by atoms with Gasteiger partial charge in [-0.05, 0) is 62.3 Å². The Morgan fingerprint density at radius 2 is 1.97 bits per heavy atom. The first kappa shape index (κ1) is 24.6. The molecule has 38 heavy (non-hydrogen) atoms. The molecule has 2 saturated carbocycles. The average Bonchev–Trinajstić information content (AvgIpc) is 3.67. The van der Waals surface area contributed by atoms with Gasteiger partial charge in [-0.3, -0.25) is 9.36 Å². The molecule has 8 nitrogen and oxygen atoms in total. The summed E-state index contributed by atoms with van der Waals surface area (Å²) >= 11 is 0. The van der Waals surface area contributed by atoms with E-state index in [0.29, 0.717) is 24.6 Å². The highest BCUT2D eigenvalue weighted by molar-refractivity contribution is 6.05. The molecule has 6 rings (SSSR count). The molecule has 1 spiro atoms. The van der Waals surface area contributed by atoms with Gasteiger partial charge in [0.05, 0.1) is 23.9 Å². The molecule has 3 N–H and O–H groups in total. The first-order chi connectivity index (χ1) is 18.5. The van der Waals surface area contributed by atoms with Crippen LogP contribution >= 0.6 is 0 Å². The van der Waals surface area contributed by atoms with Crippen LogP contribution in [0.15, 0.2) is 48.3 Å². The number of nitrogens with one attached hydrogen (secondary N) is 1. The zero-order chi connectivity index (χ0) is 26.3. The summed E-state index contributed by atoms with van der Waals surface area (Å²) in [7, 11) is 0. The van der Waals surface area contributed by atoms with Gasteiger partial charge in [0.1, 0.15) is 17.4 Å². The number of carbonyl (C=O) groups is 2. The molecule has 0 bridgehead atoms. The summed E-state index contributed by atoms with van der Waals surface area (Å²) in [6.07, 6.45) is 12.2. The van der Waals surface area contributed by atoms with Gasteiger partial charge in [-0.2, -0.15) is 0 Å². The number of pyridine rings is 1. The Bertz CT molecular complexity index is 1400. The molecule has 0 amide bonds. The molecule has 2 aromatic heterocycles. The van der Waals surface area contributed by atoms with Crippen molar-refractivity contribution < 1.29 is 14.3 Å². The van der Waals surface area contributed by atoms with Crippen molar-refractivity contribution in [3.05, 3.63) is 59.7 Å². The van der Waals surface area contributed by atoms with E-state index in [1.807, 2.05) is 25.1 Å². The van der Waals surface area contributed by atoms with E-state index in [-0.39, 0.29) is 11.8 Å². The molecule has 3 aliphatic carbocycles. The molecular weight excluding hydrogens is 478 g/mol. The molecule has 1 atom stereocenters. The van der Waals surface area contributed by atoms with E-state index < -0.39 is 11.5 Å². The van der Waals surface area contributed by atoms with Gasteiger partial charge in [-0.15, -0.1) is 0 Å². The quantitative estimate of drug-likeness (QED) is 0.407. The number of nitrogen functional groups attached to an aromatic ring is 1. The normalized spacial score (nSPS) is 19.2. The lowest BCUT2D eigenvalue weighted by molar-refractivity contribution is -0.146. The number of rotatable bonds is 9. The minimum Gasteiger partial charge on any atom is -0.464 e. The second kappa shape index (κ2) is 9.89. The SMILES string of the molecule is CCOC(=O)[C@H](Cc1ccc(-n2c(CC3CC3)nc3cc(N)cnc32)cc1)NC1=CC(=O)C12CCCCC2. The largest absolute Gasteiger partial charge is 0.464 e. The Kier molecular flexibility index (Phi) is 6.41. The zero-order valence-corrected chi connectivity index (χ0v) is 21.9. The minimum absolute atomic E-state index is 0.191. The predicted octanol–water partition coefficient (Wildman–Crippen LogP) is 4.44. The lowest BCUT2D eigenvalue weighted by Gasteiger charge is -2.44. The van der Waals surface area contributed by atoms with E-state index in [1.54, 1.807) is 12.3 Å². The number of benzene rings is 1. The van der Waals surface area contributed by atoms with Crippen LogP contribution in [-0.4, -0.2) is 38.9 Å². The summed E-state index contributed by atoms with van der Waals surface area (Å²) in [5.41, 5.74) is 10.6. The van der Waals surface area contributed by atoms with Gasteiger partial charge in [-0.25, -0.2) is 14.8 Å². The third-order valence-electron chi connectivity index (χ3n) is 8.26. The van der Waals surface area contributed by atoms with E-state index in [4.69, 9.17) is 15.5 Å². The molecule has 2 fully saturated rings. The molecular formula is C30H35N5O3. The molecule has 2 heterocycles. The first-order valence-electron chi connectivity index (χ1n) is 13.9. The van der Waals surface area contributed by atoms with Crippen LogP contribution in [0, 0.1) is 11.3 Å². The lowest BCUT2D eigenvalue weighted by Crippen LogP contribution is -2.52. The Morgan fingerprint density at radius 1 is 1.21 bits per heavy atom. The number of hydrogen-bond acceptors (Lipinski definition) is 7. The molecule has 3 aromatic rings. The van der Waals surface area contributed by atoms with E-state index in [9.17, 15) is 9.59 Å². The Morgan fingerprint density at radius 3 is 2.66 bits per heavy atom. The maximum absolute atomic E-state index is 12.9. The molecule has 8 heteroatoms. The van der Waals surface area contributed by atoms with Crippen LogP contribution in [0.1, 0.15) is 63.3 Å². The highest BCUT2D eigenvalue weighted by atomic mass is 16.5. The van der Waals surface area contributed by atoms with E-state index >= 15 is 0 Å². The van der Waals surface area contributed by atoms with E-state index in [2.05, 4.69) is 27.0 Å². The van der Waals surface area contributed by atoms with Crippen LogP contribution in [0.3, 0.4) is 0 Å². The summed E-state index contributed by atoms with van der Waals surface area (Å²) < 4.78 is 7.52. The Hall–Kier alpha value is -3.68. The summed E-state index contributed by atoms with van der Waals surface area (Å²) in [5, 5.41) is 3.42. The number of ketones is 1. The highest BCUT2D eigenvalue weighted by Crippen LogP contribution is 2.48. The number of allylic oxidation sites excluding steroid dienone is 2. The molecule has 3 aliphatic rings. The van der Waals surface area contributed by atoms with Gasteiger partial charge in [0.25, 0.3) is 0 Å².